The van der Waals surface area contributed by atoms with Crippen LogP contribution < -0.4 is 0 Å². The molecule has 15 heavy (non-hydrogen) atoms. The topological polar surface area (TPSA) is 17.1 Å². The van der Waals surface area contributed by atoms with Gasteiger partial charge >= 0.3 is 0 Å². The number of carbonyl (C=O) groups is 1. The van der Waals surface area contributed by atoms with E-state index in [1.165, 1.54) is 12.1 Å². The van der Waals surface area contributed by atoms with Crippen LogP contribution in [0.25, 0.3) is 0 Å². The molecule has 0 fully saturated rings. The van der Waals surface area contributed by atoms with Gasteiger partial charge in [0.25, 0.3) is 0 Å². The van der Waals surface area contributed by atoms with Gasteiger partial charge in [-0.25, -0.2) is 4.39 Å². The lowest BCUT2D eigenvalue weighted by Crippen LogP contribution is -2.02. The molecule has 1 nitrogen and oxygen atoms in total. The van der Waals surface area contributed by atoms with Crippen LogP contribution in [0.4, 0.5) is 4.39 Å². The molecule has 1 rings (SSSR count). The van der Waals surface area contributed by atoms with E-state index in [-0.39, 0.29) is 22.8 Å². The fourth-order valence-corrected chi connectivity index (χ4v) is 1.36. The van der Waals surface area contributed by atoms with Crippen molar-refractivity contribution in [2.24, 2.45) is 0 Å². The minimum atomic E-state index is -0.633. The predicted molar refractivity (Wildman–Crippen MR) is 59.8 cm³/mol. The van der Waals surface area contributed by atoms with Crippen LogP contribution in [0.3, 0.4) is 0 Å². The average molecular weight is 227 g/mol. The highest BCUT2D eigenvalue weighted by atomic mass is 35.5. The maximum absolute atomic E-state index is 13.4. The van der Waals surface area contributed by atoms with Gasteiger partial charge in [0.05, 0.1) is 10.6 Å². The highest BCUT2D eigenvalue weighted by molar-refractivity contribution is 6.31. The van der Waals surface area contributed by atoms with Gasteiger partial charge in [0.2, 0.25) is 0 Å². The van der Waals surface area contributed by atoms with E-state index in [2.05, 4.69) is 6.58 Å². The Morgan fingerprint density at radius 1 is 1.47 bits per heavy atom. The van der Waals surface area contributed by atoms with Crippen molar-refractivity contribution in [1.29, 1.82) is 0 Å². The van der Waals surface area contributed by atoms with E-state index in [0.29, 0.717) is 6.42 Å². The molecule has 0 aliphatic rings. The zero-order valence-electron chi connectivity index (χ0n) is 8.52. The van der Waals surface area contributed by atoms with Crippen molar-refractivity contribution < 1.29 is 9.18 Å². The van der Waals surface area contributed by atoms with Gasteiger partial charge < -0.3 is 0 Å². The molecule has 0 unspecified atom stereocenters. The summed E-state index contributed by atoms with van der Waals surface area (Å²) in [5.74, 6) is -0.871. The minimum absolute atomic E-state index is 0.0174. The second-order valence-corrected chi connectivity index (χ2v) is 3.89. The Morgan fingerprint density at radius 2 is 2.13 bits per heavy atom. The molecule has 3 heteroatoms. The fourth-order valence-electron chi connectivity index (χ4n) is 1.18. The Hall–Kier alpha value is -1.15. The van der Waals surface area contributed by atoms with Crippen LogP contribution in [0, 0.1) is 5.82 Å². The molecule has 0 aliphatic heterocycles. The maximum atomic E-state index is 13.4. The number of rotatable bonds is 4. The predicted octanol–water partition coefficient (Wildman–Crippen LogP) is 4.02. The van der Waals surface area contributed by atoms with E-state index in [9.17, 15) is 9.18 Å². The smallest absolute Gasteiger partial charge is 0.166 e. The molecular weight excluding hydrogens is 215 g/mol. The minimum Gasteiger partial charge on any atom is -0.294 e. The first kappa shape index (κ1) is 11.9. The Morgan fingerprint density at radius 3 is 2.73 bits per heavy atom. The number of halogens is 2. The highest BCUT2D eigenvalue weighted by Crippen LogP contribution is 2.19. The Balaban J connectivity index is 2.82. The zero-order chi connectivity index (χ0) is 11.4. The van der Waals surface area contributed by atoms with Crippen LogP contribution >= 0.6 is 11.6 Å². The fraction of sp³-hybridized carbons (Fsp3) is 0.250. The molecule has 1 aromatic carbocycles. The van der Waals surface area contributed by atoms with E-state index >= 15 is 0 Å². The second kappa shape index (κ2) is 5.08. The Kier molecular flexibility index (Phi) is 4.04. The highest BCUT2D eigenvalue weighted by Gasteiger charge is 2.13. The summed E-state index contributed by atoms with van der Waals surface area (Å²) < 4.78 is 13.4. The number of benzene rings is 1. The van der Waals surface area contributed by atoms with Gasteiger partial charge in [-0.05, 0) is 25.5 Å². The van der Waals surface area contributed by atoms with Crippen LogP contribution in [0.15, 0.2) is 30.4 Å². The Bertz CT molecular complexity index is 399. The van der Waals surface area contributed by atoms with Gasteiger partial charge in [0, 0.05) is 6.42 Å². The quantitative estimate of drug-likeness (QED) is 0.560. The van der Waals surface area contributed by atoms with Gasteiger partial charge in [0.15, 0.2) is 11.6 Å². The van der Waals surface area contributed by atoms with Crippen LogP contribution in [-0.4, -0.2) is 5.78 Å². The summed E-state index contributed by atoms with van der Waals surface area (Å²) in [7, 11) is 0. The van der Waals surface area contributed by atoms with Crippen molar-refractivity contribution in [1.82, 2.24) is 0 Å². The van der Waals surface area contributed by atoms with Crippen molar-refractivity contribution in [3.63, 3.8) is 0 Å². The lowest BCUT2D eigenvalue weighted by molar-refractivity contribution is 0.0979. The molecule has 0 radical (unpaired) electrons. The molecule has 0 N–H and O–H groups in total. The van der Waals surface area contributed by atoms with Crippen LogP contribution in [0.1, 0.15) is 30.1 Å². The van der Waals surface area contributed by atoms with E-state index in [1.54, 1.807) is 6.07 Å². The molecular formula is C12H12ClFO. The number of hydrogen-bond donors (Lipinski definition) is 0. The average Bonchev–Trinajstić information content (AvgIpc) is 2.18. The number of Topliss-reactive ketones (excluding diaryl/α,β-unsaturated/α-hetero) is 1. The molecule has 0 aliphatic carbocycles. The summed E-state index contributed by atoms with van der Waals surface area (Å²) in [5, 5.41) is -0.0174. The first-order chi connectivity index (χ1) is 7.02. The molecule has 1 aromatic rings. The summed E-state index contributed by atoms with van der Waals surface area (Å²) in [6.07, 6.45) is 0.845. The summed E-state index contributed by atoms with van der Waals surface area (Å²) in [6, 6.07) is 4.44. The normalized spacial score (nSPS) is 10.1. The molecule has 0 aromatic heterocycles. The van der Waals surface area contributed by atoms with Crippen molar-refractivity contribution in [3.8, 4) is 0 Å². The first-order valence-electron chi connectivity index (χ1n) is 4.64. The lowest BCUT2D eigenvalue weighted by Gasteiger charge is -2.03. The largest absolute Gasteiger partial charge is 0.294 e. The second-order valence-electron chi connectivity index (χ2n) is 3.48. The molecule has 0 heterocycles. The monoisotopic (exact) mass is 226 g/mol. The molecule has 0 amide bonds. The zero-order valence-corrected chi connectivity index (χ0v) is 9.27. The number of allylic oxidation sites excluding steroid dienone is 1. The molecule has 0 bridgehead atoms. The van der Waals surface area contributed by atoms with Crippen molar-refractivity contribution in [3.05, 3.63) is 46.8 Å². The molecule has 0 spiro atoms. The maximum Gasteiger partial charge on any atom is 0.166 e. The van der Waals surface area contributed by atoms with Gasteiger partial charge in [0.1, 0.15) is 0 Å². The van der Waals surface area contributed by atoms with Crippen LogP contribution in [-0.2, 0) is 0 Å². The third-order valence-electron chi connectivity index (χ3n) is 2.03. The molecule has 80 valence electrons. The van der Waals surface area contributed by atoms with Gasteiger partial charge in [-0.1, -0.05) is 23.2 Å². The third kappa shape index (κ3) is 3.17. The molecule has 0 saturated carbocycles. The van der Waals surface area contributed by atoms with Crippen molar-refractivity contribution >= 4 is 17.4 Å². The first-order valence-corrected chi connectivity index (χ1v) is 5.01. The molecule has 0 saturated heterocycles. The summed E-state index contributed by atoms with van der Waals surface area (Å²) in [5.41, 5.74) is 0.967. The number of hydrogen-bond acceptors (Lipinski definition) is 1. The summed E-state index contributed by atoms with van der Waals surface area (Å²) >= 11 is 5.58. The van der Waals surface area contributed by atoms with Crippen LogP contribution in [0.2, 0.25) is 5.02 Å². The third-order valence-corrected chi connectivity index (χ3v) is 2.32. The van der Waals surface area contributed by atoms with Crippen molar-refractivity contribution in [2.75, 3.05) is 0 Å². The SMILES string of the molecule is C=C(C)CCC(=O)c1cccc(Cl)c1F. The Labute approximate surface area is 93.6 Å². The van der Waals surface area contributed by atoms with E-state index in [4.69, 9.17) is 11.6 Å². The lowest BCUT2D eigenvalue weighted by atomic mass is 10.0. The summed E-state index contributed by atoms with van der Waals surface area (Å²) in [6.45, 7) is 5.52. The molecule has 0 atom stereocenters. The van der Waals surface area contributed by atoms with Gasteiger partial charge in [-0.15, -0.1) is 6.58 Å². The standard InChI is InChI=1S/C12H12ClFO/c1-8(2)6-7-11(15)9-4-3-5-10(13)12(9)14/h3-5H,1,6-7H2,2H3. The van der Waals surface area contributed by atoms with Gasteiger partial charge in [-0.3, -0.25) is 4.79 Å². The number of ketones is 1. The van der Waals surface area contributed by atoms with E-state index in [1.807, 2.05) is 6.92 Å². The summed E-state index contributed by atoms with van der Waals surface area (Å²) in [4.78, 5) is 11.6. The van der Waals surface area contributed by atoms with E-state index in [0.717, 1.165) is 5.57 Å². The number of carbonyl (C=O) groups excluding carboxylic acids is 1. The van der Waals surface area contributed by atoms with Crippen LogP contribution in [0.5, 0.6) is 0 Å². The van der Waals surface area contributed by atoms with E-state index < -0.39 is 5.82 Å². The van der Waals surface area contributed by atoms with Gasteiger partial charge in [-0.2, -0.15) is 0 Å². The van der Waals surface area contributed by atoms with Crippen molar-refractivity contribution in [2.45, 2.75) is 19.8 Å².